The lowest BCUT2D eigenvalue weighted by molar-refractivity contribution is -0.115. The van der Waals surface area contributed by atoms with Crippen molar-refractivity contribution < 1.29 is 9.32 Å². The van der Waals surface area contributed by atoms with E-state index in [0.29, 0.717) is 23.8 Å². The summed E-state index contributed by atoms with van der Waals surface area (Å²) in [5.74, 6) is 1.28. The third-order valence-electron chi connectivity index (χ3n) is 2.83. The number of aromatic nitrogens is 1. The van der Waals surface area contributed by atoms with Crippen molar-refractivity contribution in [3.63, 3.8) is 0 Å². The average Bonchev–Trinajstić information content (AvgIpc) is 2.81. The number of halogens is 1. The van der Waals surface area contributed by atoms with Gasteiger partial charge in [0, 0.05) is 29.7 Å². The largest absolute Gasteiger partial charge is 0.367 e. The van der Waals surface area contributed by atoms with E-state index in [9.17, 15) is 4.79 Å². The van der Waals surface area contributed by atoms with Crippen LogP contribution in [0.3, 0.4) is 0 Å². The Balaban J connectivity index is 1.82. The van der Waals surface area contributed by atoms with E-state index in [1.54, 1.807) is 18.2 Å². The molecule has 0 unspecified atom stereocenters. The maximum Gasteiger partial charge on any atom is 0.226 e. The Morgan fingerprint density at radius 1 is 1.40 bits per heavy atom. The number of anilines is 2. The number of amides is 1. The Morgan fingerprint density at radius 2 is 2.20 bits per heavy atom. The Labute approximate surface area is 122 Å². The molecule has 0 aliphatic rings. The molecule has 0 aliphatic carbocycles. The summed E-state index contributed by atoms with van der Waals surface area (Å²) in [6, 6.07) is 7.20. The van der Waals surface area contributed by atoms with Gasteiger partial charge in [-0.25, -0.2) is 0 Å². The van der Waals surface area contributed by atoms with E-state index in [-0.39, 0.29) is 5.91 Å². The summed E-state index contributed by atoms with van der Waals surface area (Å²) in [5, 5.41) is 10.3. The van der Waals surface area contributed by atoms with Crippen molar-refractivity contribution in [3.8, 4) is 0 Å². The molecule has 1 aromatic heterocycles. The number of carbonyl (C=O) groups is 1. The van der Waals surface area contributed by atoms with E-state index >= 15 is 0 Å². The van der Waals surface area contributed by atoms with Gasteiger partial charge in [0.05, 0.1) is 0 Å². The molecule has 0 saturated heterocycles. The predicted octanol–water partition coefficient (Wildman–Crippen LogP) is 3.39. The van der Waals surface area contributed by atoms with E-state index in [4.69, 9.17) is 16.1 Å². The predicted molar refractivity (Wildman–Crippen MR) is 79.2 cm³/mol. The highest BCUT2D eigenvalue weighted by atomic mass is 35.5. The monoisotopic (exact) mass is 293 g/mol. The SMILES string of the molecule is Cc1cc(NCCC(=O)Nc2cccc(Cl)c2C)no1. The normalized spacial score (nSPS) is 10.3. The van der Waals surface area contributed by atoms with Gasteiger partial charge in [0.1, 0.15) is 5.76 Å². The molecule has 2 aromatic rings. The Hall–Kier alpha value is -2.01. The minimum atomic E-state index is -0.0805. The van der Waals surface area contributed by atoms with Crippen molar-refractivity contribution in [2.45, 2.75) is 20.3 Å². The summed E-state index contributed by atoms with van der Waals surface area (Å²) in [4.78, 5) is 11.8. The van der Waals surface area contributed by atoms with Crippen LogP contribution in [-0.2, 0) is 4.79 Å². The number of carbonyl (C=O) groups excluding carboxylic acids is 1. The van der Waals surface area contributed by atoms with Crippen LogP contribution in [0.4, 0.5) is 11.5 Å². The Bertz CT molecular complexity index is 610. The van der Waals surface area contributed by atoms with Gasteiger partial charge >= 0.3 is 0 Å². The van der Waals surface area contributed by atoms with Crippen molar-refractivity contribution in [3.05, 3.63) is 40.6 Å². The van der Waals surface area contributed by atoms with Gasteiger partial charge in [-0.1, -0.05) is 22.8 Å². The second kappa shape index (κ2) is 6.43. The molecule has 0 spiro atoms. The third-order valence-corrected chi connectivity index (χ3v) is 3.24. The average molecular weight is 294 g/mol. The van der Waals surface area contributed by atoms with Crippen molar-refractivity contribution in [1.29, 1.82) is 0 Å². The second-order valence-corrected chi connectivity index (χ2v) is 4.87. The van der Waals surface area contributed by atoms with Gasteiger partial charge in [0.25, 0.3) is 0 Å². The smallest absolute Gasteiger partial charge is 0.226 e. The van der Waals surface area contributed by atoms with E-state index in [0.717, 1.165) is 17.0 Å². The maximum atomic E-state index is 11.8. The first-order valence-corrected chi connectivity index (χ1v) is 6.66. The minimum Gasteiger partial charge on any atom is -0.367 e. The van der Waals surface area contributed by atoms with Gasteiger partial charge in [0.2, 0.25) is 5.91 Å². The lowest BCUT2D eigenvalue weighted by Crippen LogP contribution is -2.16. The fraction of sp³-hybridized carbons (Fsp3) is 0.286. The third kappa shape index (κ3) is 3.74. The molecular formula is C14H16ClN3O2. The molecule has 2 N–H and O–H groups in total. The van der Waals surface area contributed by atoms with Crippen LogP contribution in [0, 0.1) is 13.8 Å². The number of hydrogen-bond donors (Lipinski definition) is 2. The fourth-order valence-corrected chi connectivity index (χ4v) is 1.88. The van der Waals surface area contributed by atoms with E-state index < -0.39 is 0 Å². The number of rotatable bonds is 5. The van der Waals surface area contributed by atoms with Gasteiger partial charge in [-0.15, -0.1) is 0 Å². The zero-order valence-electron chi connectivity index (χ0n) is 11.4. The summed E-state index contributed by atoms with van der Waals surface area (Å²) in [7, 11) is 0. The first-order chi connectivity index (χ1) is 9.56. The number of nitrogens with one attached hydrogen (secondary N) is 2. The molecule has 1 amide bonds. The molecule has 1 heterocycles. The molecule has 0 bridgehead atoms. The zero-order chi connectivity index (χ0) is 14.5. The highest BCUT2D eigenvalue weighted by Crippen LogP contribution is 2.22. The fourth-order valence-electron chi connectivity index (χ4n) is 1.71. The lowest BCUT2D eigenvalue weighted by Gasteiger charge is -2.09. The van der Waals surface area contributed by atoms with Crippen molar-refractivity contribution in [1.82, 2.24) is 5.16 Å². The molecular weight excluding hydrogens is 278 g/mol. The molecule has 1 aromatic carbocycles. The van der Waals surface area contributed by atoms with Crippen molar-refractivity contribution >= 4 is 29.0 Å². The summed E-state index contributed by atoms with van der Waals surface area (Å²) >= 11 is 6.00. The van der Waals surface area contributed by atoms with Crippen LogP contribution in [0.15, 0.2) is 28.8 Å². The van der Waals surface area contributed by atoms with Crippen molar-refractivity contribution in [2.75, 3.05) is 17.2 Å². The molecule has 0 atom stereocenters. The second-order valence-electron chi connectivity index (χ2n) is 4.46. The van der Waals surface area contributed by atoms with Gasteiger partial charge < -0.3 is 15.2 Å². The summed E-state index contributed by atoms with van der Waals surface area (Å²) < 4.78 is 4.92. The van der Waals surface area contributed by atoms with Gasteiger partial charge in [0.15, 0.2) is 5.82 Å². The molecule has 106 valence electrons. The molecule has 5 nitrogen and oxygen atoms in total. The molecule has 0 aliphatic heterocycles. The molecule has 0 fully saturated rings. The minimum absolute atomic E-state index is 0.0805. The van der Waals surface area contributed by atoms with Gasteiger partial charge in [-0.05, 0) is 31.5 Å². The van der Waals surface area contributed by atoms with Crippen LogP contribution in [-0.4, -0.2) is 17.6 Å². The number of nitrogens with zero attached hydrogens (tertiary/aromatic N) is 1. The maximum absolute atomic E-state index is 11.8. The first kappa shape index (κ1) is 14.4. The van der Waals surface area contributed by atoms with Gasteiger partial charge in [-0.3, -0.25) is 4.79 Å². The summed E-state index contributed by atoms with van der Waals surface area (Å²) in [6.45, 7) is 4.17. The number of aryl methyl sites for hydroxylation is 1. The first-order valence-electron chi connectivity index (χ1n) is 6.28. The van der Waals surface area contributed by atoms with Crippen LogP contribution in [0.5, 0.6) is 0 Å². The zero-order valence-corrected chi connectivity index (χ0v) is 12.1. The molecule has 2 rings (SSSR count). The Kier molecular flexibility index (Phi) is 4.63. The van der Waals surface area contributed by atoms with E-state index in [1.165, 1.54) is 0 Å². The number of hydrogen-bond acceptors (Lipinski definition) is 4. The molecule has 0 saturated carbocycles. The van der Waals surface area contributed by atoms with E-state index in [2.05, 4.69) is 15.8 Å². The van der Waals surface area contributed by atoms with Crippen LogP contribution < -0.4 is 10.6 Å². The van der Waals surface area contributed by atoms with E-state index in [1.807, 2.05) is 19.9 Å². The molecule has 6 heteroatoms. The van der Waals surface area contributed by atoms with Crippen LogP contribution in [0.2, 0.25) is 5.02 Å². The highest BCUT2D eigenvalue weighted by Gasteiger charge is 2.07. The van der Waals surface area contributed by atoms with Crippen LogP contribution >= 0.6 is 11.6 Å². The highest BCUT2D eigenvalue weighted by molar-refractivity contribution is 6.31. The standard InChI is InChI=1S/C14H16ClN3O2/c1-9-8-13(18-20-9)16-7-6-14(19)17-12-5-3-4-11(15)10(12)2/h3-5,8H,6-7H2,1-2H3,(H,16,18)(H,17,19). The quantitative estimate of drug-likeness (QED) is 0.887. The Morgan fingerprint density at radius 3 is 2.90 bits per heavy atom. The number of benzene rings is 1. The lowest BCUT2D eigenvalue weighted by atomic mass is 10.2. The van der Waals surface area contributed by atoms with Crippen LogP contribution in [0.1, 0.15) is 17.7 Å². The van der Waals surface area contributed by atoms with Crippen LogP contribution in [0.25, 0.3) is 0 Å². The van der Waals surface area contributed by atoms with Gasteiger partial charge in [-0.2, -0.15) is 0 Å². The summed E-state index contributed by atoms with van der Waals surface area (Å²) in [5.41, 5.74) is 1.60. The topological polar surface area (TPSA) is 67.2 Å². The van der Waals surface area contributed by atoms with Crippen molar-refractivity contribution in [2.24, 2.45) is 0 Å². The summed E-state index contributed by atoms with van der Waals surface area (Å²) in [6.07, 6.45) is 0.331. The molecule has 0 radical (unpaired) electrons. The molecule has 20 heavy (non-hydrogen) atoms.